The molecule has 9 heteroatoms. The van der Waals surface area contributed by atoms with E-state index in [-0.39, 0.29) is 11.7 Å². The van der Waals surface area contributed by atoms with E-state index in [2.05, 4.69) is 20.6 Å². The highest BCUT2D eigenvalue weighted by Crippen LogP contribution is 2.36. The van der Waals surface area contributed by atoms with Crippen LogP contribution in [0.3, 0.4) is 0 Å². The number of hydrogen-bond acceptors (Lipinski definition) is 7. The summed E-state index contributed by atoms with van der Waals surface area (Å²) in [5.41, 5.74) is 1.94. The zero-order valence-corrected chi connectivity index (χ0v) is 21.8. The summed E-state index contributed by atoms with van der Waals surface area (Å²) in [5, 5.41) is 6.63. The predicted octanol–water partition coefficient (Wildman–Crippen LogP) is 4.50. The van der Waals surface area contributed by atoms with E-state index in [1.807, 2.05) is 19.0 Å². The average molecular weight is 502 g/mol. The maximum Gasteiger partial charge on any atom is 0.251 e. The Morgan fingerprint density at radius 3 is 2.63 bits per heavy atom. The molecule has 1 amide bonds. The van der Waals surface area contributed by atoms with Gasteiger partial charge in [0.2, 0.25) is 5.95 Å². The molecule has 0 spiro atoms. The number of nitrogens with one attached hydrogen (secondary N) is 2. The number of anilines is 2. The molecule has 1 saturated carbocycles. The number of ketones is 1. The summed E-state index contributed by atoms with van der Waals surface area (Å²) in [6, 6.07) is 5.21. The molecule has 190 valence electrons. The quantitative estimate of drug-likeness (QED) is 0.468. The van der Waals surface area contributed by atoms with Gasteiger partial charge in [-0.15, -0.1) is 0 Å². The van der Waals surface area contributed by atoms with Crippen LogP contribution in [-0.4, -0.2) is 60.9 Å². The van der Waals surface area contributed by atoms with Crippen molar-refractivity contribution in [1.82, 2.24) is 20.2 Å². The van der Waals surface area contributed by atoms with Gasteiger partial charge < -0.3 is 25.1 Å². The van der Waals surface area contributed by atoms with E-state index in [0.717, 1.165) is 31.5 Å². The molecular weight excluding hydrogens is 466 g/mol. The van der Waals surface area contributed by atoms with Gasteiger partial charge in [0.1, 0.15) is 11.5 Å². The van der Waals surface area contributed by atoms with E-state index >= 15 is 0 Å². The smallest absolute Gasteiger partial charge is 0.251 e. The second-order valence-corrected chi connectivity index (χ2v) is 9.91. The van der Waals surface area contributed by atoms with Crippen molar-refractivity contribution in [3.05, 3.63) is 40.7 Å². The Morgan fingerprint density at radius 1 is 1.20 bits per heavy atom. The minimum atomic E-state index is -0.158. The van der Waals surface area contributed by atoms with Crippen molar-refractivity contribution >= 4 is 34.9 Å². The van der Waals surface area contributed by atoms with Crippen LogP contribution in [0.1, 0.15) is 55.1 Å². The van der Waals surface area contributed by atoms with Crippen LogP contribution in [0, 0.1) is 11.8 Å². The second-order valence-electron chi connectivity index (χ2n) is 9.50. The molecule has 1 aromatic heterocycles. The van der Waals surface area contributed by atoms with Crippen molar-refractivity contribution in [2.24, 2.45) is 11.8 Å². The molecule has 3 rings (SSSR count). The monoisotopic (exact) mass is 501 g/mol. The number of benzene rings is 1. The molecule has 1 aromatic carbocycles. The number of rotatable bonds is 11. The lowest BCUT2D eigenvalue weighted by Crippen LogP contribution is -2.31. The minimum absolute atomic E-state index is 0.158. The van der Waals surface area contributed by atoms with Gasteiger partial charge in [-0.05, 0) is 70.3 Å². The highest BCUT2D eigenvalue weighted by Gasteiger charge is 2.27. The van der Waals surface area contributed by atoms with Gasteiger partial charge in [-0.3, -0.25) is 4.79 Å². The van der Waals surface area contributed by atoms with Gasteiger partial charge in [-0.1, -0.05) is 24.4 Å². The summed E-state index contributed by atoms with van der Waals surface area (Å²) in [6.45, 7) is 2.98. The first-order valence-corrected chi connectivity index (χ1v) is 12.5. The van der Waals surface area contributed by atoms with Crippen LogP contribution in [0.5, 0.6) is 5.75 Å². The van der Waals surface area contributed by atoms with Crippen LogP contribution in [-0.2, 0) is 11.2 Å². The third-order valence-corrected chi connectivity index (χ3v) is 6.76. The summed E-state index contributed by atoms with van der Waals surface area (Å²) >= 11 is 6.46. The Morgan fingerprint density at radius 2 is 1.94 bits per heavy atom. The van der Waals surface area contributed by atoms with Gasteiger partial charge in [0.05, 0.1) is 29.7 Å². The fraction of sp³-hybridized carbons (Fsp3) is 0.538. The predicted molar refractivity (Wildman–Crippen MR) is 139 cm³/mol. The Balaban J connectivity index is 1.72. The van der Waals surface area contributed by atoms with Crippen LogP contribution in [0.2, 0.25) is 5.02 Å². The number of methoxy groups -OCH3 is 1. The number of carbonyl (C=O) groups is 2. The molecule has 2 atom stereocenters. The van der Waals surface area contributed by atoms with Gasteiger partial charge in [-0.2, -0.15) is 0 Å². The second kappa shape index (κ2) is 12.8. The summed E-state index contributed by atoms with van der Waals surface area (Å²) in [5.74, 6) is 1.76. The lowest BCUT2D eigenvalue weighted by atomic mass is 9.75. The van der Waals surface area contributed by atoms with Crippen molar-refractivity contribution in [2.75, 3.05) is 39.6 Å². The number of carbonyl (C=O) groups excluding carboxylic acids is 2. The lowest BCUT2D eigenvalue weighted by molar-refractivity contribution is -0.118. The van der Waals surface area contributed by atoms with Crippen molar-refractivity contribution in [3.8, 4) is 5.75 Å². The molecule has 1 aliphatic carbocycles. The minimum Gasteiger partial charge on any atom is -0.495 e. The average Bonchev–Trinajstić information content (AvgIpc) is 2.82. The molecule has 1 fully saturated rings. The van der Waals surface area contributed by atoms with Crippen LogP contribution in [0.25, 0.3) is 0 Å². The summed E-state index contributed by atoms with van der Waals surface area (Å²) in [6.07, 6.45) is 7.43. The zero-order valence-electron chi connectivity index (χ0n) is 21.1. The van der Waals surface area contributed by atoms with E-state index in [0.29, 0.717) is 52.8 Å². The fourth-order valence-corrected chi connectivity index (χ4v) is 4.76. The number of hydrogen-bond donors (Lipinski definition) is 2. The third kappa shape index (κ3) is 7.90. The van der Waals surface area contributed by atoms with E-state index in [9.17, 15) is 9.59 Å². The summed E-state index contributed by atoms with van der Waals surface area (Å²) in [7, 11) is 5.47. The first-order chi connectivity index (χ1) is 16.8. The molecule has 0 bridgehead atoms. The zero-order chi connectivity index (χ0) is 25.4. The molecule has 0 radical (unpaired) electrons. The molecular formula is C26H36ClN5O3. The number of amides is 1. The SMILES string of the molecule is COc1cc(C(=O)NCCN(C)C)ccc1Nc1ncc(Cl)c(C[C@@H]2CCCC[C@H]2CC(C)=O)n1. The van der Waals surface area contributed by atoms with E-state index in [1.54, 1.807) is 38.4 Å². The maximum atomic E-state index is 12.5. The summed E-state index contributed by atoms with van der Waals surface area (Å²) in [4.78, 5) is 35.2. The molecule has 2 N–H and O–H groups in total. The lowest BCUT2D eigenvalue weighted by Gasteiger charge is -2.31. The van der Waals surface area contributed by atoms with Crippen LogP contribution >= 0.6 is 11.6 Å². The largest absolute Gasteiger partial charge is 0.495 e. The molecule has 2 aromatic rings. The van der Waals surface area contributed by atoms with Gasteiger partial charge in [-0.25, -0.2) is 9.97 Å². The molecule has 0 aliphatic heterocycles. The van der Waals surface area contributed by atoms with Crippen molar-refractivity contribution in [2.45, 2.75) is 45.4 Å². The first kappa shape index (κ1) is 26.9. The van der Waals surface area contributed by atoms with Gasteiger partial charge in [0.25, 0.3) is 5.91 Å². The van der Waals surface area contributed by atoms with Crippen LogP contribution < -0.4 is 15.4 Å². The molecule has 0 saturated heterocycles. The molecule has 1 aliphatic rings. The van der Waals surface area contributed by atoms with E-state index in [4.69, 9.17) is 16.3 Å². The number of aromatic nitrogens is 2. The van der Waals surface area contributed by atoms with Crippen molar-refractivity contribution in [3.63, 3.8) is 0 Å². The highest BCUT2D eigenvalue weighted by molar-refractivity contribution is 6.31. The number of nitrogens with zero attached hydrogens (tertiary/aromatic N) is 3. The topological polar surface area (TPSA) is 96.5 Å². The van der Waals surface area contributed by atoms with Gasteiger partial charge >= 0.3 is 0 Å². The van der Waals surface area contributed by atoms with Crippen molar-refractivity contribution in [1.29, 1.82) is 0 Å². The van der Waals surface area contributed by atoms with E-state index in [1.165, 1.54) is 12.8 Å². The molecule has 35 heavy (non-hydrogen) atoms. The normalized spacial score (nSPS) is 17.8. The first-order valence-electron chi connectivity index (χ1n) is 12.2. The molecule has 0 unspecified atom stereocenters. The Kier molecular flexibility index (Phi) is 9.86. The van der Waals surface area contributed by atoms with Gasteiger partial charge in [0.15, 0.2) is 0 Å². The standard InChI is InChI=1S/C26H36ClN5O3/c1-17(33)13-18-7-5-6-8-19(18)14-23-21(27)16-29-26(31-23)30-22-10-9-20(15-24(22)35-4)25(34)28-11-12-32(2)3/h9-10,15-16,18-19H,5-8,11-14H2,1-4H3,(H,28,34)(H,29,30,31)/t18-,19-/m0/s1. The number of likely N-dealkylation sites (N-methyl/N-ethyl adjacent to an activating group) is 1. The van der Waals surface area contributed by atoms with E-state index < -0.39 is 0 Å². The summed E-state index contributed by atoms with van der Waals surface area (Å²) < 4.78 is 5.51. The maximum absolute atomic E-state index is 12.5. The number of halogens is 1. The number of ether oxygens (including phenoxy) is 1. The molecule has 1 heterocycles. The Labute approximate surface area is 212 Å². The molecule has 8 nitrogen and oxygen atoms in total. The van der Waals surface area contributed by atoms with Gasteiger partial charge in [0, 0.05) is 25.1 Å². The third-order valence-electron chi connectivity index (χ3n) is 6.44. The Bertz CT molecular complexity index is 1030. The van der Waals surface area contributed by atoms with Crippen LogP contribution in [0.4, 0.5) is 11.6 Å². The van der Waals surface area contributed by atoms with Crippen LogP contribution in [0.15, 0.2) is 24.4 Å². The Hall–Kier alpha value is -2.71. The van der Waals surface area contributed by atoms with Crippen molar-refractivity contribution < 1.29 is 14.3 Å². The highest BCUT2D eigenvalue weighted by atomic mass is 35.5. The fourth-order valence-electron chi connectivity index (χ4n) is 4.60. The number of Topliss-reactive ketones (excluding diaryl/α,β-unsaturated/α-hetero) is 1.